The van der Waals surface area contributed by atoms with Crippen LogP contribution in [-0.2, 0) is 11.3 Å². The molecule has 7 heteroatoms. The molecule has 7 nitrogen and oxygen atoms in total. The van der Waals surface area contributed by atoms with Crippen molar-refractivity contribution < 1.29 is 4.79 Å². The van der Waals surface area contributed by atoms with Gasteiger partial charge in [-0.05, 0) is 23.5 Å². The summed E-state index contributed by atoms with van der Waals surface area (Å²) in [6.45, 7) is 4.02. The molecule has 0 radical (unpaired) electrons. The van der Waals surface area contributed by atoms with Gasteiger partial charge < -0.3 is 10.2 Å². The van der Waals surface area contributed by atoms with E-state index in [0.29, 0.717) is 11.2 Å². The number of aromatic nitrogens is 4. The molecule has 0 atom stereocenters. The van der Waals surface area contributed by atoms with Gasteiger partial charge in [-0.2, -0.15) is 4.80 Å². The predicted octanol–water partition coefficient (Wildman–Crippen LogP) is 0.552. The van der Waals surface area contributed by atoms with Crippen LogP contribution in [0.4, 0.5) is 0 Å². The Morgan fingerprint density at radius 3 is 2.57 bits per heavy atom. The first-order valence-corrected chi connectivity index (χ1v) is 8.06. The van der Waals surface area contributed by atoms with Crippen molar-refractivity contribution in [1.82, 2.24) is 30.4 Å². The Kier molecular flexibility index (Phi) is 3.57. The van der Waals surface area contributed by atoms with Gasteiger partial charge in [-0.25, -0.2) is 0 Å². The molecular formula is C16H20N6O. The van der Waals surface area contributed by atoms with Gasteiger partial charge in [-0.3, -0.25) is 4.79 Å². The molecular weight excluding hydrogens is 292 g/mol. The highest BCUT2D eigenvalue weighted by atomic mass is 16.2. The molecule has 1 aromatic carbocycles. The number of carbonyl (C=O) groups is 1. The lowest BCUT2D eigenvalue weighted by Gasteiger charge is -2.48. The molecule has 0 bridgehead atoms. The number of likely N-dealkylation sites (tertiary alicyclic amines) is 1. The van der Waals surface area contributed by atoms with Crippen molar-refractivity contribution in [3.05, 3.63) is 30.3 Å². The lowest BCUT2D eigenvalue weighted by molar-refractivity contribution is -0.135. The van der Waals surface area contributed by atoms with Crippen molar-refractivity contribution in [2.75, 3.05) is 26.2 Å². The highest BCUT2D eigenvalue weighted by molar-refractivity contribution is 5.76. The Morgan fingerprint density at radius 2 is 1.91 bits per heavy atom. The van der Waals surface area contributed by atoms with E-state index in [0.717, 1.165) is 44.6 Å². The number of piperidine rings is 1. The largest absolute Gasteiger partial charge is 0.341 e. The molecule has 2 aliphatic heterocycles. The highest BCUT2D eigenvalue weighted by Gasteiger charge is 2.40. The number of rotatable bonds is 3. The third kappa shape index (κ3) is 2.84. The van der Waals surface area contributed by atoms with E-state index in [-0.39, 0.29) is 12.5 Å². The Labute approximate surface area is 134 Å². The molecule has 2 saturated heterocycles. The van der Waals surface area contributed by atoms with Crippen LogP contribution in [0.25, 0.3) is 11.4 Å². The van der Waals surface area contributed by atoms with Crippen LogP contribution in [0.1, 0.15) is 12.8 Å². The van der Waals surface area contributed by atoms with Gasteiger partial charge in [0.1, 0.15) is 6.54 Å². The van der Waals surface area contributed by atoms with E-state index in [1.54, 1.807) is 0 Å². The van der Waals surface area contributed by atoms with Crippen LogP contribution >= 0.6 is 0 Å². The normalized spacial score (nSPS) is 19.6. The van der Waals surface area contributed by atoms with Crippen molar-refractivity contribution >= 4 is 5.91 Å². The zero-order chi connectivity index (χ0) is 15.7. The Morgan fingerprint density at radius 1 is 1.17 bits per heavy atom. The Bertz CT molecular complexity index is 684. The average Bonchev–Trinajstić information content (AvgIpc) is 3.03. The quantitative estimate of drug-likeness (QED) is 0.896. The SMILES string of the molecule is O=C(Cn1nnc(-c2ccccc2)n1)N1CCC2(CC1)CNC2. The van der Waals surface area contributed by atoms with Crippen molar-refractivity contribution in [3.63, 3.8) is 0 Å². The fraction of sp³-hybridized carbons (Fsp3) is 0.500. The molecule has 4 rings (SSSR count). The average molecular weight is 312 g/mol. The summed E-state index contributed by atoms with van der Waals surface area (Å²) in [5, 5.41) is 15.7. The van der Waals surface area contributed by atoms with E-state index < -0.39 is 0 Å². The summed E-state index contributed by atoms with van der Waals surface area (Å²) in [5.41, 5.74) is 1.35. The molecule has 1 N–H and O–H groups in total. The number of carbonyl (C=O) groups excluding carboxylic acids is 1. The van der Waals surface area contributed by atoms with E-state index in [4.69, 9.17) is 0 Å². The fourth-order valence-corrected chi connectivity index (χ4v) is 3.30. The minimum Gasteiger partial charge on any atom is -0.341 e. The molecule has 0 saturated carbocycles. The maximum Gasteiger partial charge on any atom is 0.246 e. The van der Waals surface area contributed by atoms with Gasteiger partial charge in [0, 0.05) is 31.7 Å². The van der Waals surface area contributed by atoms with Crippen molar-refractivity contribution in [3.8, 4) is 11.4 Å². The summed E-state index contributed by atoms with van der Waals surface area (Å²) in [5.74, 6) is 0.626. The summed E-state index contributed by atoms with van der Waals surface area (Å²) in [4.78, 5) is 15.7. The van der Waals surface area contributed by atoms with Gasteiger partial charge in [0.25, 0.3) is 0 Å². The van der Waals surface area contributed by atoms with Crippen LogP contribution in [0, 0.1) is 5.41 Å². The maximum atomic E-state index is 12.4. The van der Waals surface area contributed by atoms with Crippen LogP contribution in [0.5, 0.6) is 0 Å². The second kappa shape index (κ2) is 5.73. The zero-order valence-corrected chi connectivity index (χ0v) is 13.0. The molecule has 1 spiro atoms. The maximum absolute atomic E-state index is 12.4. The van der Waals surface area contributed by atoms with Crippen LogP contribution in [0.2, 0.25) is 0 Å². The van der Waals surface area contributed by atoms with E-state index in [1.165, 1.54) is 4.80 Å². The van der Waals surface area contributed by atoms with E-state index in [2.05, 4.69) is 20.7 Å². The number of hydrogen-bond donors (Lipinski definition) is 1. The van der Waals surface area contributed by atoms with Gasteiger partial charge in [0.15, 0.2) is 0 Å². The molecule has 0 unspecified atom stereocenters. The molecule has 3 heterocycles. The molecule has 0 aliphatic carbocycles. The second-order valence-corrected chi connectivity index (χ2v) is 6.49. The number of hydrogen-bond acceptors (Lipinski definition) is 5. The standard InChI is InChI=1S/C16H20N6O/c23-14(21-8-6-16(7-9-21)11-17-12-16)10-22-19-15(18-20-22)13-4-2-1-3-5-13/h1-5,17H,6-12H2. The van der Waals surface area contributed by atoms with Crippen molar-refractivity contribution in [2.24, 2.45) is 5.41 Å². The van der Waals surface area contributed by atoms with Gasteiger partial charge in [0.2, 0.25) is 11.7 Å². The van der Waals surface area contributed by atoms with Crippen LogP contribution in [0.3, 0.4) is 0 Å². The number of nitrogens with one attached hydrogen (secondary N) is 1. The molecule has 120 valence electrons. The highest BCUT2D eigenvalue weighted by Crippen LogP contribution is 2.34. The molecule has 1 amide bonds. The first-order chi connectivity index (χ1) is 11.2. The van der Waals surface area contributed by atoms with Gasteiger partial charge in [-0.15, -0.1) is 10.2 Å². The van der Waals surface area contributed by atoms with Crippen LogP contribution in [0.15, 0.2) is 30.3 Å². The first kappa shape index (κ1) is 14.3. The molecule has 1 aromatic heterocycles. The monoisotopic (exact) mass is 312 g/mol. The van der Waals surface area contributed by atoms with Crippen LogP contribution < -0.4 is 5.32 Å². The van der Waals surface area contributed by atoms with Gasteiger partial charge in [0.05, 0.1) is 0 Å². The lowest BCUT2D eigenvalue weighted by Crippen LogP contribution is -2.59. The minimum absolute atomic E-state index is 0.0733. The fourth-order valence-electron chi connectivity index (χ4n) is 3.30. The van der Waals surface area contributed by atoms with E-state index >= 15 is 0 Å². The smallest absolute Gasteiger partial charge is 0.246 e. The van der Waals surface area contributed by atoms with Crippen molar-refractivity contribution in [1.29, 1.82) is 0 Å². The first-order valence-electron chi connectivity index (χ1n) is 8.06. The van der Waals surface area contributed by atoms with Gasteiger partial charge in [-0.1, -0.05) is 30.3 Å². The van der Waals surface area contributed by atoms with E-state index in [9.17, 15) is 4.79 Å². The zero-order valence-electron chi connectivity index (χ0n) is 13.0. The Hall–Kier alpha value is -2.28. The summed E-state index contributed by atoms with van der Waals surface area (Å²) >= 11 is 0. The summed E-state index contributed by atoms with van der Waals surface area (Å²) in [6, 6.07) is 9.66. The molecule has 2 aliphatic rings. The molecule has 23 heavy (non-hydrogen) atoms. The van der Waals surface area contributed by atoms with Gasteiger partial charge >= 0.3 is 0 Å². The van der Waals surface area contributed by atoms with Crippen LogP contribution in [-0.4, -0.2) is 57.2 Å². The Balaban J connectivity index is 1.37. The second-order valence-electron chi connectivity index (χ2n) is 6.49. The number of benzene rings is 1. The minimum atomic E-state index is 0.0733. The number of amides is 1. The summed E-state index contributed by atoms with van der Waals surface area (Å²) in [7, 11) is 0. The lowest BCUT2D eigenvalue weighted by atomic mass is 9.73. The summed E-state index contributed by atoms with van der Waals surface area (Å²) < 4.78 is 0. The van der Waals surface area contributed by atoms with Crippen molar-refractivity contribution in [2.45, 2.75) is 19.4 Å². The number of nitrogens with zero attached hydrogens (tertiary/aromatic N) is 5. The predicted molar refractivity (Wildman–Crippen MR) is 84.4 cm³/mol. The topological polar surface area (TPSA) is 75.9 Å². The molecule has 2 fully saturated rings. The third-order valence-corrected chi connectivity index (χ3v) is 4.94. The summed E-state index contributed by atoms with van der Waals surface area (Å²) in [6.07, 6.45) is 2.18. The molecule has 2 aromatic rings. The third-order valence-electron chi connectivity index (χ3n) is 4.94. The number of tetrazole rings is 1. The van der Waals surface area contributed by atoms with E-state index in [1.807, 2.05) is 35.2 Å².